The first-order valence-electron chi connectivity index (χ1n) is 9.24. The van der Waals surface area contributed by atoms with Crippen molar-refractivity contribution in [2.45, 2.75) is 25.4 Å². The molecular weight excluding hydrogens is 356 g/mol. The van der Waals surface area contributed by atoms with Crippen LogP contribution in [0.15, 0.2) is 67.0 Å². The molecule has 0 bridgehead atoms. The summed E-state index contributed by atoms with van der Waals surface area (Å²) in [6.45, 7) is 0. The van der Waals surface area contributed by atoms with Crippen LogP contribution in [0.4, 0.5) is 0 Å². The fourth-order valence-corrected chi connectivity index (χ4v) is 4.13. The number of fused-ring (bicyclic) bond motifs is 2. The third-order valence-corrected chi connectivity index (χ3v) is 5.63. The van der Waals surface area contributed by atoms with Crippen LogP contribution in [-0.2, 0) is 6.42 Å². The van der Waals surface area contributed by atoms with Crippen molar-refractivity contribution >= 4 is 17.2 Å². The Balaban J connectivity index is 1.60. The van der Waals surface area contributed by atoms with E-state index in [1.807, 2.05) is 42.6 Å². The molecule has 1 N–H and O–H groups in total. The van der Waals surface area contributed by atoms with Crippen molar-refractivity contribution in [1.29, 1.82) is 0 Å². The molecule has 0 saturated heterocycles. The summed E-state index contributed by atoms with van der Waals surface area (Å²) < 4.78 is 2.07. The van der Waals surface area contributed by atoms with E-state index in [-0.39, 0.29) is 6.10 Å². The number of hydrogen-bond acceptors (Lipinski definition) is 2. The molecule has 2 heterocycles. The van der Waals surface area contributed by atoms with Crippen LogP contribution in [0.3, 0.4) is 0 Å². The predicted molar refractivity (Wildman–Crippen MR) is 109 cm³/mol. The van der Waals surface area contributed by atoms with Gasteiger partial charge >= 0.3 is 0 Å². The van der Waals surface area contributed by atoms with Crippen molar-refractivity contribution in [2.24, 2.45) is 0 Å². The van der Waals surface area contributed by atoms with Crippen LogP contribution >= 0.6 is 11.6 Å². The van der Waals surface area contributed by atoms with E-state index in [0.29, 0.717) is 0 Å². The average Bonchev–Trinajstić information content (AvgIpc) is 3.12. The van der Waals surface area contributed by atoms with Gasteiger partial charge in [-0.15, -0.1) is 0 Å². The Labute approximate surface area is 162 Å². The van der Waals surface area contributed by atoms with Crippen LogP contribution in [-0.4, -0.2) is 14.5 Å². The average molecular weight is 375 g/mol. The van der Waals surface area contributed by atoms with Gasteiger partial charge in [0.05, 0.1) is 11.8 Å². The number of rotatable bonds is 2. The second kappa shape index (κ2) is 6.52. The van der Waals surface area contributed by atoms with E-state index in [4.69, 9.17) is 16.6 Å². The Morgan fingerprint density at radius 2 is 1.78 bits per heavy atom. The largest absolute Gasteiger partial charge is 0.388 e. The normalized spacial score (nSPS) is 16.4. The van der Waals surface area contributed by atoms with Crippen molar-refractivity contribution in [2.75, 3.05) is 0 Å². The summed E-state index contributed by atoms with van der Waals surface area (Å²) in [6, 6.07) is 18.1. The van der Waals surface area contributed by atoms with E-state index in [2.05, 4.69) is 28.8 Å². The first-order valence-corrected chi connectivity index (χ1v) is 9.62. The van der Waals surface area contributed by atoms with Crippen LogP contribution in [0.25, 0.3) is 28.0 Å². The van der Waals surface area contributed by atoms with E-state index in [0.717, 1.165) is 52.3 Å². The van der Waals surface area contributed by atoms with E-state index < -0.39 is 0 Å². The predicted octanol–water partition coefficient (Wildman–Crippen LogP) is 5.69. The van der Waals surface area contributed by atoms with Gasteiger partial charge in [0.25, 0.3) is 0 Å². The number of aromatic nitrogens is 2. The minimum Gasteiger partial charge on any atom is -0.388 e. The summed E-state index contributed by atoms with van der Waals surface area (Å²) in [7, 11) is 0. The molecule has 1 aliphatic carbocycles. The number of aliphatic hydroxyl groups is 1. The van der Waals surface area contributed by atoms with Crippen LogP contribution in [0.1, 0.15) is 30.1 Å². The van der Waals surface area contributed by atoms with Gasteiger partial charge in [0.2, 0.25) is 0 Å². The molecule has 0 saturated carbocycles. The maximum Gasteiger partial charge on any atom is 0.137 e. The molecule has 2 aromatic carbocycles. The highest BCUT2D eigenvalue weighted by atomic mass is 35.5. The zero-order valence-electron chi connectivity index (χ0n) is 14.8. The van der Waals surface area contributed by atoms with Crippen molar-refractivity contribution in [3.63, 3.8) is 0 Å². The molecule has 134 valence electrons. The van der Waals surface area contributed by atoms with Gasteiger partial charge in [-0.25, -0.2) is 4.98 Å². The molecule has 0 aliphatic heterocycles. The first kappa shape index (κ1) is 16.5. The highest BCUT2D eigenvalue weighted by Crippen LogP contribution is 2.36. The summed E-state index contributed by atoms with van der Waals surface area (Å²) in [6.07, 6.45) is 6.72. The highest BCUT2D eigenvalue weighted by molar-refractivity contribution is 6.30. The van der Waals surface area contributed by atoms with Gasteiger partial charge in [-0.3, -0.25) is 0 Å². The molecular formula is C23H19ClN2O. The van der Waals surface area contributed by atoms with Gasteiger partial charge in [-0.1, -0.05) is 41.9 Å². The summed E-state index contributed by atoms with van der Waals surface area (Å²) in [4.78, 5) is 4.73. The monoisotopic (exact) mass is 374 g/mol. The maximum atomic E-state index is 10.3. The number of halogens is 1. The van der Waals surface area contributed by atoms with Gasteiger partial charge < -0.3 is 9.51 Å². The zero-order chi connectivity index (χ0) is 18.4. The molecule has 4 heteroatoms. The fourth-order valence-electron chi connectivity index (χ4n) is 4.00. The number of nitrogens with zero attached hydrogens (tertiary/aromatic N) is 2. The number of hydrogen-bond donors (Lipinski definition) is 1. The molecule has 3 nitrogen and oxygen atoms in total. The molecule has 4 aromatic rings. The Kier molecular flexibility index (Phi) is 4.00. The topological polar surface area (TPSA) is 37.5 Å². The summed E-state index contributed by atoms with van der Waals surface area (Å²) in [5.74, 6) is 0. The van der Waals surface area contributed by atoms with Gasteiger partial charge in [0, 0.05) is 23.0 Å². The molecule has 1 aliphatic rings. The number of aliphatic hydroxyl groups excluding tert-OH is 1. The van der Waals surface area contributed by atoms with Gasteiger partial charge in [0.1, 0.15) is 5.65 Å². The lowest BCUT2D eigenvalue weighted by Crippen LogP contribution is -2.10. The molecule has 1 unspecified atom stereocenters. The lowest BCUT2D eigenvalue weighted by Gasteiger charge is -2.24. The molecule has 2 aromatic heterocycles. The molecule has 0 amide bonds. The van der Waals surface area contributed by atoms with Crippen molar-refractivity contribution in [3.05, 3.63) is 83.1 Å². The minimum absolute atomic E-state index is 0.345. The lowest BCUT2D eigenvalue weighted by molar-refractivity contribution is 0.156. The molecule has 0 spiro atoms. The summed E-state index contributed by atoms with van der Waals surface area (Å²) >= 11 is 5.99. The third kappa shape index (κ3) is 2.93. The first-order chi connectivity index (χ1) is 13.2. The summed E-state index contributed by atoms with van der Waals surface area (Å²) in [5.41, 5.74) is 7.58. The Hall–Kier alpha value is -2.62. The molecule has 1 atom stereocenters. The quantitative estimate of drug-likeness (QED) is 0.489. The standard InChI is InChI=1S/C23H19ClN2O/c24-17-10-7-15(8-11-17)21-14-26-13-16(9-12-23(26)25-21)18-3-1-5-20-19(18)4-2-6-22(20)27/h1,3,5,7-14,22,27H,2,4,6H2. The number of pyridine rings is 1. The second-order valence-corrected chi connectivity index (χ2v) is 7.53. The molecule has 0 fully saturated rings. The van der Waals surface area contributed by atoms with Crippen LogP contribution in [0, 0.1) is 0 Å². The van der Waals surface area contributed by atoms with Crippen LogP contribution in [0.5, 0.6) is 0 Å². The SMILES string of the molecule is OC1CCCc2c(-c3ccc4nc(-c5ccc(Cl)cc5)cn4c3)cccc21. The van der Waals surface area contributed by atoms with Gasteiger partial charge in [0.15, 0.2) is 0 Å². The summed E-state index contributed by atoms with van der Waals surface area (Å²) in [5, 5.41) is 11.1. The Morgan fingerprint density at radius 3 is 2.63 bits per heavy atom. The smallest absolute Gasteiger partial charge is 0.137 e. The molecule has 5 rings (SSSR count). The lowest BCUT2D eigenvalue weighted by atomic mass is 9.85. The fraction of sp³-hybridized carbons (Fsp3) is 0.174. The zero-order valence-corrected chi connectivity index (χ0v) is 15.5. The second-order valence-electron chi connectivity index (χ2n) is 7.10. The Bertz CT molecular complexity index is 1130. The van der Waals surface area contributed by atoms with Crippen molar-refractivity contribution in [1.82, 2.24) is 9.38 Å². The highest BCUT2D eigenvalue weighted by Gasteiger charge is 2.20. The van der Waals surface area contributed by atoms with Crippen molar-refractivity contribution in [3.8, 4) is 22.4 Å². The third-order valence-electron chi connectivity index (χ3n) is 5.38. The van der Waals surface area contributed by atoms with E-state index in [1.165, 1.54) is 11.1 Å². The number of benzene rings is 2. The van der Waals surface area contributed by atoms with Crippen molar-refractivity contribution < 1.29 is 5.11 Å². The molecule has 27 heavy (non-hydrogen) atoms. The van der Waals surface area contributed by atoms with E-state index in [9.17, 15) is 5.11 Å². The number of imidazole rings is 1. The minimum atomic E-state index is -0.345. The van der Waals surface area contributed by atoms with E-state index >= 15 is 0 Å². The van der Waals surface area contributed by atoms with Crippen LogP contribution < -0.4 is 0 Å². The molecule has 0 radical (unpaired) electrons. The van der Waals surface area contributed by atoms with Gasteiger partial charge in [-0.2, -0.15) is 0 Å². The maximum absolute atomic E-state index is 10.3. The van der Waals surface area contributed by atoms with Gasteiger partial charge in [-0.05, 0) is 65.8 Å². The van der Waals surface area contributed by atoms with Crippen LogP contribution in [0.2, 0.25) is 5.02 Å². The van der Waals surface area contributed by atoms with E-state index in [1.54, 1.807) is 0 Å². The Morgan fingerprint density at radius 1 is 0.963 bits per heavy atom.